The number of anilines is 1. The molecule has 1 heterocycles. The Hall–Kier alpha value is -3.96. The van der Waals surface area contributed by atoms with Crippen molar-refractivity contribution in [1.82, 2.24) is 4.98 Å². The Morgan fingerprint density at radius 1 is 1.21 bits per heavy atom. The molecule has 0 amide bonds. The highest BCUT2D eigenvalue weighted by atomic mass is 32.2. The van der Waals surface area contributed by atoms with E-state index in [-0.39, 0.29) is 39.8 Å². The number of pyridine rings is 1. The Morgan fingerprint density at radius 2 is 1.82 bits per heavy atom. The van der Waals surface area contributed by atoms with Crippen LogP contribution in [-0.4, -0.2) is 33.0 Å². The molecular weight excluding hydrogens is 446 g/mol. The fourth-order valence-corrected chi connectivity index (χ4v) is 3.88. The van der Waals surface area contributed by atoms with Crippen molar-refractivity contribution in [3.05, 3.63) is 45.5 Å². The predicted molar refractivity (Wildman–Crippen MR) is 121 cm³/mol. The van der Waals surface area contributed by atoms with Crippen molar-refractivity contribution in [2.45, 2.75) is 43.4 Å². The van der Waals surface area contributed by atoms with Crippen molar-refractivity contribution in [2.75, 3.05) is 12.3 Å². The number of thioether (sulfide) groups is 1. The smallest absolute Gasteiger partial charge is 0.313 e. The number of esters is 1. The molecule has 1 aromatic heterocycles. The van der Waals surface area contributed by atoms with Gasteiger partial charge in [-0.25, -0.2) is 4.98 Å². The molecule has 0 saturated heterocycles. The molecule has 0 radical (unpaired) electrons. The second-order valence-electron chi connectivity index (χ2n) is 7.39. The Kier molecular flexibility index (Phi) is 8.10. The van der Waals surface area contributed by atoms with Crippen molar-refractivity contribution in [3.8, 4) is 23.3 Å². The van der Waals surface area contributed by atoms with E-state index in [0.29, 0.717) is 12.0 Å². The minimum absolute atomic E-state index is 0.00552. The summed E-state index contributed by atoms with van der Waals surface area (Å²) in [6.45, 7) is 5.21. The van der Waals surface area contributed by atoms with Gasteiger partial charge in [0.25, 0.3) is 5.69 Å². The van der Waals surface area contributed by atoms with E-state index in [1.807, 2.05) is 19.1 Å². The molecule has 0 unspecified atom stereocenters. The zero-order valence-electron chi connectivity index (χ0n) is 18.2. The zero-order chi connectivity index (χ0) is 24.8. The van der Waals surface area contributed by atoms with Gasteiger partial charge < -0.3 is 10.5 Å². The molecule has 2 aromatic rings. The van der Waals surface area contributed by atoms with Crippen LogP contribution in [0.15, 0.2) is 29.3 Å². The van der Waals surface area contributed by atoms with Gasteiger partial charge in [0, 0.05) is 17.7 Å². The van der Waals surface area contributed by atoms with Crippen LogP contribution < -0.4 is 5.73 Å². The molecule has 0 fully saturated rings. The van der Waals surface area contributed by atoms with Crippen LogP contribution in [0.2, 0.25) is 0 Å². The molecule has 170 valence electrons. The number of Topliss-reactive ketones (excluding diaryl/α,β-unsaturated/α-hetero) is 1. The van der Waals surface area contributed by atoms with Crippen molar-refractivity contribution < 1.29 is 19.2 Å². The number of nitrogen functional groups attached to an aromatic ring is 1. The SMILES string of the molecule is CCCOC(=O)CC(=O)C(C)(C)Sc1nc(N)c(C#N)c(-c2ccc([N+](=O)[O-])cc2)c1C#N. The maximum atomic E-state index is 12.7. The monoisotopic (exact) mass is 467 g/mol. The summed E-state index contributed by atoms with van der Waals surface area (Å²) in [5.74, 6) is -1.23. The Balaban J connectivity index is 2.51. The second-order valence-corrected chi connectivity index (χ2v) is 9.00. The van der Waals surface area contributed by atoms with Gasteiger partial charge in [-0.1, -0.05) is 18.7 Å². The summed E-state index contributed by atoms with van der Waals surface area (Å²) in [5, 5.41) is 30.5. The minimum atomic E-state index is -1.17. The Morgan fingerprint density at radius 3 is 2.33 bits per heavy atom. The molecule has 11 heteroatoms. The lowest BCUT2D eigenvalue weighted by Gasteiger charge is -2.23. The van der Waals surface area contributed by atoms with Crippen LogP contribution >= 0.6 is 11.8 Å². The third-order valence-electron chi connectivity index (χ3n) is 4.58. The van der Waals surface area contributed by atoms with Crippen molar-refractivity contribution >= 4 is 35.0 Å². The number of aromatic nitrogens is 1. The van der Waals surface area contributed by atoms with Gasteiger partial charge in [0.1, 0.15) is 35.0 Å². The summed E-state index contributed by atoms with van der Waals surface area (Å²) in [4.78, 5) is 39.1. The molecule has 2 N–H and O–H groups in total. The normalized spacial score (nSPS) is 10.7. The topological polar surface area (TPSA) is 173 Å². The molecule has 0 aliphatic heterocycles. The van der Waals surface area contributed by atoms with Crippen molar-refractivity contribution in [3.63, 3.8) is 0 Å². The predicted octanol–water partition coefficient (Wildman–Crippen LogP) is 3.77. The van der Waals surface area contributed by atoms with Crippen LogP contribution in [0.5, 0.6) is 0 Å². The number of nitrogens with zero attached hydrogens (tertiary/aromatic N) is 4. The van der Waals surface area contributed by atoms with Gasteiger partial charge in [-0.3, -0.25) is 19.7 Å². The number of carbonyl (C=O) groups excluding carboxylic acids is 2. The number of carbonyl (C=O) groups is 2. The van der Waals surface area contributed by atoms with Crippen LogP contribution in [0, 0.1) is 32.8 Å². The summed E-state index contributed by atoms with van der Waals surface area (Å²) >= 11 is 0.933. The molecule has 10 nitrogen and oxygen atoms in total. The molecule has 0 saturated carbocycles. The largest absolute Gasteiger partial charge is 0.465 e. The summed E-state index contributed by atoms with van der Waals surface area (Å²) < 4.78 is 3.79. The van der Waals surface area contributed by atoms with Crippen molar-refractivity contribution in [2.24, 2.45) is 0 Å². The summed E-state index contributed by atoms with van der Waals surface area (Å²) in [6.07, 6.45) is 0.187. The number of hydrogen-bond acceptors (Lipinski definition) is 10. The Labute approximate surface area is 194 Å². The summed E-state index contributed by atoms with van der Waals surface area (Å²) in [5.41, 5.74) is 6.28. The van der Waals surface area contributed by atoms with Crippen LogP contribution in [-0.2, 0) is 14.3 Å². The van der Waals surface area contributed by atoms with Crippen LogP contribution in [0.3, 0.4) is 0 Å². The number of ether oxygens (including phenoxy) is 1. The van der Waals surface area contributed by atoms with Gasteiger partial charge in [0.05, 0.1) is 21.8 Å². The third-order valence-corrected chi connectivity index (χ3v) is 5.80. The maximum absolute atomic E-state index is 12.7. The standard InChI is InChI=1S/C22H21N5O5S/c1-4-9-32-18(29)10-17(28)22(2,3)33-21-16(12-24)19(15(11-23)20(25)26-21)13-5-7-14(8-6-13)27(30)31/h5-8H,4,9-10H2,1-3H3,(H2,25,26). The number of ketones is 1. The average molecular weight is 468 g/mol. The van der Waals surface area contributed by atoms with E-state index >= 15 is 0 Å². The first kappa shape index (κ1) is 25.3. The highest BCUT2D eigenvalue weighted by molar-refractivity contribution is 8.01. The maximum Gasteiger partial charge on any atom is 0.313 e. The molecule has 0 aliphatic rings. The highest BCUT2D eigenvalue weighted by Crippen LogP contribution is 2.41. The number of non-ortho nitro benzene ring substituents is 1. The van der Waals surface area contributed by atoms with Gasteiger partial charge in [-0.2, -0.15) is 10.5 Å². The van der Waals surface area contributed by atoms with E-state index in [1.54, 1.807) is 13.8 Å². The molecule has 0 bridgehead atoms. The van der Waals surface area contributed by atoms with Gasteiger partial charge >= 0.3 is 5.97 Å². The number of nitrogens with two attached hydrogens (primary N) is 1. The van der Waals surface area contributed by atoms with Crippen molar-refractivity contribution in [1.29, 1.82) is 10.5 Å². The van der Waals surface area contributed by atoms with Crippen LogP contribution in [0.25, 0.3) is 11.1 Å². The summed E-state index contributed by atoms with van der Waals surface area (Å²) in [7, 11) is 0. The van der Waals surface area contributed by atoms with Gasteiger partial charge in [-0.15, -0.1) is 0 Å². The van der Waals surface area contributed by atoms with E-state index < -0.39 is 27.8 Å². The molecule has 0 aliphatic carbocycles. The van der Waals surface area contributed by atoms with E-state index in [9.17, 15) is 30.2 Å². The first-order chi connectivity index (χ1) is 15.5. The molecule has 1 aromatic carbocycles. The third kappa shape index (κ3) is 5.84. The number of nitriles is 2. The lowest BCUT2D eigenvalue weighted by molar-refractivity contribution is -0.384. The fraction of sp³-hybridized carbons (Fsp3) is 0.318. The number of rotatable bonds is 9. The fourth-order valence-electron chi connectivity index (χ4n) is 2.82. The summed E-state index contributed by atoms with van der Waals surface area (Å²) in [6, 6.07) is 9.23. The first-order valence-electron chi connectivity index (χ1n) is 9.82. The number of nitro benzene ring substituents is 1. The lowest BCUT2D eigenvalue weighted by Crippen LogP contribution is -2.30. The quantitative estimate of drug-likeness (QED) is 0.188. The number of nitro groups is 1. The minimum Gasteiger partial charge on any atom is -0.465 e. The van der Waals surface area contributed by atoms with E-state index in [4.69, 9.17) is 10.5 Å². The lowest BCUT2D eigenvalue weighted by atomic mass is 9.96. The average Bonchev–Trinajstić information content (AvgIpc) is 2.77. The molecule has 0 atom stereocenters. The van der Waals surface area contributed by atoms with Crippen LogP contribution in [0.1, 0.15) is 44.7 Å². The molecule has 2 rings (SSSR count). The van der Waals surface area contributed by atoms with E-state index in [0.717, 1.165) is 11.8 Å². The van der Waals surface area contributed by atoms with Gasteiger partial charge in [-0.05, 0) is 38.0 Å². The number of hydrogen-bond donors (Lipinski definition) is 1. The second kappa shape index (κ2) is 10.6. The van der Waals surface area contributed by atoms with E-state index in [1.165, 1.54) is 24.3 Å². The molecular formula is C22H21N5O5S. The molecule has 33 heavy (non-hydrogen) atoms. The Bertz CT molecular complexity index is 1180. The van der Waals surface area contributed by atoms with Gasteiger partial charge in [0.2, 0.25) is 0 Å². The number of benzene rings is 1. The first-order valence-corrected chi connectivity index (χ1v) is 10.6. The zero-order valence-corrected chi connectivity index (χ0v) is 19.1. The van der Waals surface area contributed by atoms with E-state index in [2.05, 4.69) is 4.98 Å². The van der Waals surface area contributed by atoms with Gasteiger partial charge in [0.15, 0.2) is 5.78 Å². The highest BCUT2D eigenvalue weighted by Gasteiger charge is 2.33. The molecule has 0 spiro atoms. The van der Waals surface area contributed by atoms with Crippen LogP contribution in [0.4, 0.5) is 11.5 Å².